The van der Waals surface area contributed by atoms with Crippen molar-refractivity contribution in [3.05, 3.63) is 59.0 Å². The zero-order chi connectivity index (χ0) is 9.97. The molecule has 0 spiro atoms. The molecule has 1 heterocycles. The first-order valence-electron chi connectivity index (χ1n) is 4.85. The van der Waals surface area contributed by atoms with E-state index in [9.17, 15) is 0 Å². The minimum atomic E-state index is 0.884. The molecule has 0 bridgehead atoms. The Balaban J connectivity index is 2.19. The van der Waals surface area contributed by atoms with Crippen molar-refractivity contribution in [3.8, 4) is 0 Å². The highest BCUT2D eigenvalue weighted by Crippen LogP contribution is 2.16. The van der Waals surface area contributed by atoms with E-state index in [4.69, 9.17) is 4.42 Å². The van der Waals surface area contributed by atoms with Gasteiger partial charge in [0.15, 0.2) is 0 Å². The molecule has 72 valence electrons. The maximum atomic E-state index is 5.62. The molecule has 14 heavy (non-hydrogen) atoms. The van der Waals surface area contributed by atoms with Gasteiger partial charge < -0.3 is 4.42 Å². The molecule has 0 saturated heterocycles. The van der Waals surface area contributed by atoms with Crippen molar-refractivity contribution >= 4 is 0 Å². The van der Waals surface area contributed by atoms with Crippen molar-refractivity contribution in [2.24, 2.45) is 0 Å². The molecule has 0 fully saturated rings. The lowest BCUT2D eigenvalue weighted by Gasteiger charge is -1.96. The molecule has 0 unspecified atom stereocenters. The molecule has 1 aromatic heterocycles. The molecule has 2 rings (SSSR count). The van der Waals surface area contributed by atoms with Crippen molar-refractivity contribution in [1.29, 1.82) is 0 Å². The standard InChI is InChI=1S/C13H14O/c1-10-8-13(14-11(10)2)9-12-6-4-3-5-7-12/h3-8H,9H2,1-2H3. The maximum Gasteiger partial charge on any atom is 0.108 e. The molecule has 0 amide bonds. The molecule has 1 heteroatoms. The van der Waals surface area contributed by atoms with Crippen molar-refractivity contribution in [1.82, 2.24) is 0 Å². The van der Waals surface area contributed by atoms with Crippen LogP contribution in [0.25, 0.3) is 0 Å². The van der Waals surface area contributed by atoms with E-state index in [1.165, 1.54) is 11.1 Å². The number of hydrogen-bond donors (Lipinski definition) is 0. The molecule has 0 aliphatic heterocycles. The van der Waals surface area contributed by atoms with Crippen molar-refractivity contribution in [2.45, 2.75) is 20.3 Å². The van der Waals surface area contributed by atoms with E-state index in [0.717, 1.165) is 17.9 Å². The highest BCUT2D eigenvalue weighted by Gasteiger charge is 2.03. The molecule has 0 N–H and O–H groups in total. The van der Waals surface area contributed by atoms with Crippen molar-refractivity contribution in [3.63, 3.8) is 0 Å². The largest absolute Gasteiger partial charge is 0.466 e. The summed E-state index contributed by atoms with van der Waals surface area (Å²) in [5.74, 6) is 2.07. The van der Waals surface area contributed by atoms with E-state index in [-0.39, 0.29) is 0 Å². The average Bonchev–Trinajstić information content (AvgIpc) is 2.47. The first-order valence-corrected chi connectivity index (χ1v) is 4.85. The summed E-state index contributed by atoms with van der Waals surface area (Å²) in [5.41, 5.74) is 2.53. The van der Waals surface area contributed by atoms with Crippen LogP contribution < -0.4 is 0 Å². The Bertz CT molecular complexity index is 393. The van der Waals surface area contributed by atoms with E-state index in [2.05, 4.69) is 37.3 Å². The van der Waals surface area contributed by atoms with Crippen LogP contribution >= 0.6 is 0 Å². The van der Waals surface area contributed by atoms with Crippen LogP contribution in [-0.4, -0.2) is 0 Å². The Kier molecular flexibility index (Phi) is 2.40. The summed E-state index contributed by atoms with van der Waals surface area (Å²) < 4.78 is 5.62. The van der Waals surface area contributed by atoms with Crippen LogP contribution in [0.4, 0.5) is 0 Å². The molecule has 1 nitrogen and oxygen atoms in total. The number of rotatable bonds is 2. The molecule has 0 saturated carbocycles. The zero-order valence-corrected chi connectivity index (χ0v) is 8.58. The summed E-state index contributed by atoms with van der Waals surface area (Å²) in [6, 6.07) is 12.5. The Morgan fingerprint density at radius 1 is 1.07 bits per heavy atom. The van der Waals surface area contributed by atoms with Gasteiger partial charge in [0, 0.05) is 6.42 Å². The van der Waals surface area contributed by atoms with Crippen LogP contribution in [0.5, 0.6) is 0 Å². The van der Waals surface area contributed by atoms with Gasteiger partial charge in [0.1, 0.15) is 11.5 Å². The third-order valence-electron chi connectivity index (χ3n) is 2.44. The average molecular weight is 186 g/mol. The second-order valence-corrected chi connectivity index (χ2v) is 3.61. The highest BCUT2D eigenvalue weighted by molar-refractivity contribution is 5.25. The smallest absolute Gasteiger partial charge is 0.108 e. The summed E-state index contributed by atoms with van der Waals surface area (Å²) >= 11 is 0. The molecule has 0 atom stereocenters. The maximum absolute atomic E-state index is 5.62. The minimum absolute atomic E-state index is 0.884. The van der Waals surface area contributed by atoms with Gasteiger partial charge in [0.2, 0.25) is 0 Å². The molecule has 0 aliphatic rings. The van der Waals surface area contributed by atoms with Gasteiger partial charge in [0.05, 0.1) is 0 Å². The lowest BCUT2D eigenvalue weighted by atomic mass is 10.1. The summed E-state index contributed by atoms with van der Waals surface area (Å²) in [4.78, 5) is 0. The Labute approximate surface area is 84.4 Å². The molecule has 1 aromatic carbocycles. The summed E-state index contributed by atoms with van der Waals surface area (Å²) in [5, 5.41) is 0. The van der Waals surface area contributed by atoms with Gasteiger partial charge in [-0.25, -0.2) is 0 Å². The first-order chi connectivity index (χ1) is 6.75. The van der Waals surface area contributed by atoms with Crippen LogP contribution in [0, 0.1) is 13.8 Å². The Morgan fingerprint density at radius 3 is 2.36 bits per heavy atom. The van der Waals surface area contributed by atoms with E-state index in [0.29, 0.717) is 0 Å². The van der Waals surface area contributed by atoms with Crippen LogP contribution in [0.3, 0.4) is 0 Å². The van der Waals surface area contributed by atoms with Gasteiger partial charge in [-0.05, 0) is 31.0 Å². The number of furan rings is 1. The van der Waals surface area contributed by atoms with Gasteiger partial charge in [-0.3, -0.25) is 0 Å². The van der Waals surface area contributed by atoms with Crippen molar-refractivity contribution in [2.75, 3.05) is 0 Å². The second kappa shape index (κ2) is 3.70. The SMILES string of the molecule is Cc1cc(Cc2ccccc2)oc1C. The zero-order valence-electron chi connectivity index (χ0n) is 8.58. The lowest BCUT2D eigenvalue weighted by molar-refractivity contribution is 0.491. The molecular weight excluding hydrogens is 172 g/mol. The van der Waals surface area contributed by atoms with E-state index in [1.54, 1.807) is 0 Å². The van der Waals surface area contributed by atoms with E-state index < -0.39 is 0 Å². The lowest BCUT2D eigenvalue weighted by Crippen LogP contribution is -1.83. The van der Waals surface area contributed by atoms with Gasteiger partial charge in [-0.1, -0.05) is 30.3 Å². The number of aryl methyl sites for hydroxylation is 2. The Morgan fingerprint density at radius 2 is 1.79 bits per heavy atom. The quantitative estimate of drug-likeness (QED) is 0.699. The van der Waals surface area contributed by atoms with E-state index >= 15 is 0 Å². The normalized spacial score (nSPS) is 10.4. The minimum Gasteiger partial charge on any atom is -0.466 e. The fourth-order valence-corrected chi connectivity index (χ4v) is 1.53. The Hall–Kier alpha value is -1.50. The fourth-order valence-electron chi connectivity index (χ4n) is 1.53. The fraction of sp³-hybridized carbons (Fsp3) is 0.231. The molecular formula is C13H14O. The summed E-state index contributed by atoms with van der Waals surface area (Å²) in [7, 11) is 0. The monoisotopic (exact) mass is 186 g/mol. The highest BCUT2D eigenvalue weighted by atomic mass is 16.3. The van der Waals surface area contributed by atoms with Crippen LogP contribution in [0.1, 0.15) is 22.6 Å². The third kappa shape index (κ3) is 1.87. The van der Waals surface area contributed by atoms with E-state index in [1.807, 2.05) is 13.0 Å². The van der Waals surface area contributed by atoms with Gasteiger partial charge in [0.25, 0.3) is 0 Å². The first kappa shape index (κ1) is 9.07. The number of hydrogen-bond acceptors (Lipinski definition) is 1. The van der Waals surface area contributed by atoms with Gasteiger partial charge >= 0.3 is 0 Å². The van der Waals surface area contributed by atoms with Crippen LogP contribution in [0.2, 0.25) is 0 Å². The topological polar surface area (TPSA) is 13.1 Å². The summed E-state index contributed by atoms with van der Waals surface area (Å²) in [6.07, 6.45) is 0.884. The van der Waals surface area contributed by atoms with Gasteiger partial charge in [-0.2, -0.15) is 0 Å². The second-order valence-electron chi connectivity index (χ2n) is 3.61. The molecule has 0 radical (unpaired) electrons. The van der Waals surface area contributed by atoms with Crippen LogP contribution in [-0.2, 0) is 6.42 Å². The molecule has 2 aromatic rings. The molecule has 0 aliphatic carbocycles. The third-order valence-corrected chi connectivity index (χ3v) is 2.44. The van der Waals surface area contributed by atoms with Crippen molar-refractivity contribution < 1.29 is 4.42 Å². The summed E-state index contributed by atoms with van der Waals surface area (Å²) in [6.45, 7) is 4.08. The van der Waals surface area contributed by atoms with Crippen LogP contribution in [0.15, 0.2) is 40.8 Å². The van der Waals surface area contributed by atoms with Gasteiger partial charge in [-0.15, -0.1) is 0 Å². The predicted molar refractivity (Wildman–Crippen MR) is 57.4 cm³/mol. The predicted octanol–water partition coefficient (Wildman–Crippen LogP) is 3.49. The number of benzene rings is 1.